The van der Waals surface area contributed by atoms with Crippen molar-refractivity contribution >= 4 is 5.95 Å². The summed E-state index contributed by atoms with van der Waals surface area (Å²) in [4.78, 5) is 22.2. The SMILES string of the molecule is Cc1nc(CN2CCN(c3nccc(-c4ccccn4)n3)CC2)no1. The van der Waals surface area contributed by atoms with Crippen molar-refractivity contribution in [1.82, 2.24) is 30.0 Å². The fraction of sp³-hybridized carbons (Fsp3) is 0.353. The fourth-order valence-electron chi connectivity index (χ4n) is 2.87. The standard InChI is InChI=1S/C17H19N7O/c1-13-20-16(22-25-13)12-23-8-10-24(11-9-23)17-19-7-5-15(21-17)14-4-2-3-6-18-14/h2-7H,8-12H2,1H3. The monoisotopic (exact) mass is 337 g/mol. The topological polar surface area (TPSA) is 84.1 Å². The number of piperazine rings is 1. The number of rotatable bonds is 4. The summed E-state index contributed by atoms with van der Waals surface area (Å²) in [5, 5.41) is 3.96. The molecule has 0 spiro atoms. The molecule has 1 fully saturated rings. The summed E-state index contributed by atoms with van der Waals surface area (Å²) < 4.78 is 5.03. The van der Waals surface area contributed by atoms with Crippen molar-refractivity contribution in [3.8, 4) is 11.4 Å². The van der Waals surface area contributed by atoms with E-state index in [0.717, 1.165) is 49.3 Å². The van der Waals surface area contributed by atoms with Crippen LogP contribution in [0.15, 0.2) is 41.2 Å². The third-order valence-corrected chi connectivity index (χ3v) is 4.16. The van der Waals surface area contributed by atoms with Crippen LogP contribution >= 0.6 is 0 Å². The van der Waals surface area contributed by atoms with Gasteiger partial charge in [-0.2, -0.15) is 4.98 Å². The van der Waals surface area contributed by atoms with Crippen molar-refractivity contribution in [3.63, 3.8) is 0 Å². The first kappa shape index (κ1) is 15.6. The maximum absolute atomic E-state index is 5.03. The van der Waals surface area contributed by atoms with Crippen molar-refractivity contribution in [2.45, 2.75) is 13.5 Å². The molecular weight excluding hydrogens is 318 g/mol. The molecule has 128 valence electrons. The molecule has 0 radical (unpaired) electrons. The lowest BCUT2D eigenvalue weighted by Gasteiger charge is -2.34. The van der Waals surface area contributed by atoms with Gasteiger partial charge in [0.15, 0.2) is 5.82 Å². The molecule has 0 atom stereocenters. The molecule has 8 nitrogen and oxygen atoms in total. The van der Waals surface area contributed by atoms with Crippen LogP contribution in [0.4, 0.5) is 5.95 Å². The lowest BCUT2D eigenvalue weighted by Crippen LogP contribution is -2.46. The molecule has 1 aliphatic heterocycles. The molecule has 0 aliphatic carbocycles. The zero-order valence-corrected chi connectivity index (χ0v) is 14.0. The Hall–Kier alpha value is -2.87. The van der Waals surface area contributed by atoms with Crippen LogP contribution in [0.1, 0.15) is 11.7 Å². The minimum atomic E-state index is 0.605. The Morgan fingerprint density at radius 2 is 1.84 bits per heavy atom. The molecular formula is C17H19N7O. The van der Waals surface area contributed by atoms with Crippen molar-refractivity contribution in [3.05, 3.63) is 48.4 Å². The van der Waals surface area contributed by atoms with E-state index >= 15 is 0 Å². The first-order valence-corrected chi connectivity index (χ1v) is 8.29. The molecule has 25 heavy (non-hydrogen) atoms. The predicted molar refractivity (Wildman–Crippen MR) is 91.8 cm³/mol. The second kappa shape index (κ2) is 6.94. The van der Waals surface area contributed by atoms with E-state index in [1.54, 1.807) is 19.3 Å². The Morgan fingerprint density at radius 1 is 0.960 bits per heavy atom. The molecule has 4 rings (SSSR count). The second-order valence-electron chi connectivity index (χ2n) is 5.95. The van der Waals surface area contributed by atoms with Crippen LogP contribution in [0.5, 0.6) is 0 Å². The summed E-state index contributed by atoms with van der Waals surface area (Å²) in [5.74, 6) is 2.09. The Kier molecular flexibility index (Phi) is 4.34. The first-order valence-electron chi connectivity index (χ1n) is 8.29. The molecule has 1 aliphatic rings. The molecule has 0 N–H and O–H groups in total. The number of hydrogen-bond acceptors (Lipinski definition) is 8. The van der Waals surface area contributed by atoms with E-state index in [2.05, 4.69) is 34.9 Å². The van der Waals surface area contributed by atoms with Gasteiger partial charge in [-0.3, -0.25) is 9.88 Å². The molecule has 0 amide bonds. The zero-order chi connectivity index (χ0) is 17.1. The maximum atomic E-state index is 5.03. The fourth-order valence-corrected chi connectivity index (χ4v) is 2.87. The minimum absolute atomic E-state index is 0.605. The van der Waals surface area contributed by atoms with Crippen molar-refractivity contribution < 1.29 is 4.52 Å². The van der Waals surface area contributed by atoms with E-state index in [1.165, 1.54) is 0 Å². The number of nitrogens with zero attached hydrogens (tertiary/aromatic N) is 7. The van der Waals surface area contributed by atoms with Gasteiger partial charge in [0.2, 0.25) is 11.8 Å². The van der Waals surface area contributed by atoms with Gasteiger partial charge in [0.05, 0.1) is 17.9 Å². The highest BCUT2D eigenvalue weighted by Crippen LogP contribution is 2.18. The average Bonchev–Trinajstić information content (AvgIpc) is 3.08. The minimum Gasteiger partial charge on any atom is -0.340 e. The summed E-state index contributed by atoms with van der Waals surface area (Å²) in [7, 11) is 0. The maximum Gasteiger partial charge on any atom is 0.225 e. The Balaban J connectivity index is 1.41. The molecule has 0 saturated carbocycles. The number of hydrogen-bond donors (Lipinski definition) is 0. The van der Waals surface area contributed by atoms with Gasteiger partial charge in [-0.1, -0.05) is 11.2 Å². The predicted octanol–water partition coefficient (Wildman–Crippen LogP) is 1.55. The van der Waals surface area contributed by atoms with Crippen LogP contribution < -0.4 is 4.90 Å². The lowest BCUT2D eigenvalue weighted by atomic mass is 10.2. The summed E-state index contributed by atoms with van der Waals surface area (Å²) in [6.45, 7) is 6.06. The second-order valence-corrected chi connectivity index (χ2v) is 5.95. The molecule has 1 saturated heterocycles. The highest BCUT2D eigenvalue weighted by molar-refractivity contribution is 5.55. The molecule has 0 aromatic carbocycles. The van der Waals surface area contributed by atoms with Gasteiger partial charge in [0.25, 0.3) is 0 Å². The number of anilines is 1. The average molecular weight is 337 g/mol. The van der Waals surface area contributed by atoms with Gasteiger partial charge in [-0.05, 0) is 18.2 Å². The molecule has 3 aromatic rings. The molecule has 8 heteroatoms. The van der Waals surface area contributed by atoms with Crippen LogP contribution in [0, 0.1) is 6.92 Å². The Labute approximate surface area is 145 Å². The molecule has 3 aromatic heterocycles. The Bertz CT molecular complexity index is 828. The van der Waals surface area contributed by atoms with Gasteiger partial charge in [-0.15, -0.1) is 0 Å². The lowest BCUT2D eigenvalue weighted by molar-refractivity contribution is 0.239. The van der Waals surface area contributed by atoms with E-state index < -0.39 is 0 Å². The third kappa shape index (κ3) is 3.63. The number of pyridine rings is 1. The summed E-state index contributed by atoms with van der Waals surface area (Å²) in [6.07, 6.45) is 3.57. The van der Waals surface area contributed by atoms with E-state index in [1.807, 2.05) is 24.3 Å². The van der Waals surface area contributed by atoms with E-state index in [-0.39, 0.29) is 0 Å². The molecule has 0 unspecified atom stereocenters. The Morgan fingerprint density at radius 3 is 2.56 bits per heavy atom. The van der Waals surface area contributed by atoms with Crippen LogP contribution in [-0.2, 0) is 6.54 Å². The third-order valence-electron chi connectivity index (χ3n) is 4.16. The van der Waals surface area contributed by atoms with E-state index in [4.69, 9.17) is 4.52 Å². The summed E-state index contributed by atoms with van der Waals surface area (Å²) in [5.41, 5.74) is 1.70. The molecule has 0 bridgehead atoms. The van der Waals surface area contributed by atoms with Gasteiger partial charge in [-0.25, -0.2) is 9.97 Å². The van der Waals surface area contributed by atoms with Gasteiger partial charge >= 0.3 is 0 Å². The quantitative estimate of drug-likeness (QED) is 0.709. The smallest absolute Gasteiger partial charge is 0.225 e. The van der Waals surface area contributed by atoms with Crippen LogP contribution in [0.2, 0.25) is 0 Å². The van der Waals surface area contributed by atoms with Crippen LogP contribution in [0.3, 0.4) is 0 Å². The van der Waals surface area contributed by atoms with Crippen LogP contribution in [0.25, 0.3) is 11.4 Å². The first-order chi connectivity index (χ1) is 12.3. The number of aryl methyl sites for hydroxylation is 1. The zero-order valence-electron chi connectivity index (χ0n) is 14.0. The van der Waals surface area contributed by atoms with Crippen molar-refractivity contribution in [2.75, 3.05) is 31.1 Å². The normalized spacial score (nSPS) is 15.5. The van der Waals surface area contributed by atoms with Gasteiger partial charge in [0.1, 0.15) is 0 Å². The van der Waals surface area contributed by atoms with Crippen molar-refractivity contribution in [1.29, 1.82) is 0 Å². The van der Waals surface area contributed by atoms with Crippen molar-refractivity contribution in [2.24, 2.45) is 0 Å². The highest BCUT2D eigenvalue weighted by atomic mass is 16.5. The largest absolute Gasteiger partial charge is 0.340 e. The van der Waals surface area contributed by atoms with Crippen LogP contribution in [-0.4, -0.2) is 56.2 Å². The highest BCUT2D eigenvalue weighted by Gasteiger charge is 2.20. The van der Waals surface area contributed by atoms with Gasteiger partial charge < -0.3 is 9.42 Å². The van der Waals surface area contributed by atoms with E-state index in [9.17, 15) is 0 Å². The summed E-state index contributed by atoms with van der Waals surface area (Å²) >= 11 is 0. The number of aromatic nitrogens is 5. The van der Waals surface area contributed by atoms with E-state index in [0.29, 0.717) is 12.4 Å². The van der Waals surface area contributed by atoms with Gasteiger partial charge in [0, 0.05) is 45.5 Å². The summed E-state index contributed by atoms with van der Waals surface area (Å²) in [6, 6.07) is 7.70. The molecule has 4 heterocycles.